The van der Waals surface area contributed by atoms with E-state index in [4.69, 9.17) is 0 Å². The molecule has 0 fully saturated rings. The molecule has 0 atom stereocenters. The average molecular weight is 240 g/mol. The Bertz CT molecular complexity index is 468. The maximum Gasteiger partial charge on any atom is 0.125 e. The molecule has 1 heterocycles. The SMILES string of the molecule is Cc1c(Br)cnc2cc(F)ccc12. The highest BCUT2D eigenvalue weighted by molar-refractivity contribution is 9.10. The maximum atomic E-state index is 12.8. The zero-order valence-electron chi connectivity index (χ0n) is 7.01. The summed E-state index contributed by atoms with van der Waals surface area (Å²) >= 11 is 3.38. The quantitative estimate of drug-likeness (QED) is 0.687. The zero-order valence-corrected chi connectivity index (χ0v) is 8.60. The third kappa shape index (κ3) is 1.44. The monoisotopic (exact) mass is 239 g/mol. The summed E-state index contributed by atoms with van der Waals surface area (Å²) in [6.07, 6.45) is 1.69. The molecule has 0 aliphatic heterocycles. The Morgan fingerprint density at radius 1 is 1.38 bits per heavy atom. The van der Waals surface area contributed by atoms with Crippen molar-refractivity contribution in [2.24, 2.45) is 0 Å². The highest BCUT2D eigenvalue weighted by Crippen LogP contribution is 2.23. The van der Waals surface area contributed by atoms with Crippen molar-refractivity contribution in [3.05, 3.63) is 40.2 Å². The third-order valence-corrected chi connectivity index (χ3v) is 2.84. The van der Waals surface area contributed by atoms with Crippen molar-refractivity contribution >= 4 is 26.8 Å². The lowest BCUT2D eigenvalue weighted by atomic mass is 10.1. The topological polar surface area (TPSA) is 12.9 Å². The first-order valence-corrected chi connectivity index (χ1v) is 4.68. The minimum atomic E-state index is -0.248. The zero-order chi connectivity index (χ0) is 9.42. The first-order valence-electron chi connectivity index (χ1n) is 3.89. The summed E-state index contributed by atoms with van der Waals surface area (Å²) < 4.78 is 13.8. The van der Waals surface area contributed by atoms with Gasteiger partial charge in [0.05, 0.1) is 5.52 Å². The van der Waals surface area contributed by atoms with Crippen LogP contribution in [0.15, 0.2) is 28.9 Å². The Morgan fingerprint density at radius 3 is 2.92 bits per heavy atom. The predicted molar refractivity (Wildman–Crippen MR) is 54.1 cm³/mol. The van der Waals surface area contributed by atoms with Crippen molar-refractivity contribution in [3.8, 4) is 0 Å². The number of fused-ring (bicyclic) bond motifs is 1. The van der Waals surface area contributed by atoms with Crippen molar-refractivity contribution in [2.45, 2.75) is 6.92 Å². The Hall–Kier alpha value is -0.960. The summed E-state index contributed by atoms with van der Waals surface area (Å²) in [5.41, 5.74) is 1.78. The van der Waals surface area contributed by atoms with Crippen LogP contribution in [0.25, 0.3) is 10.9 Å². The Morgan fingerprint density at radius 2 is 2.15 bits per heavy atom. The number of rotatable bonds is 0. The molecular formula is C10H7BrFN. The molecule has 0 aliphatic carbocycles. The number of pyridine rings is 1. The summed E-state index contributed by atoms with van der Waals surface area (Å²) in [4.78, 5) is 4.12. The van der Waals surface area contributed by atoms with Crippen molar-refractivity contribution in [1.82, 2.24) is 4.98 Å². The van der Waals surface area contributed by atoms with Crippen LogP contribution in [0, 0.1) is 12.7 Å². The number of aryl methyl sites for hydroxylation is 1. The fourth-order valence-corrected chi connectivity index (χ4v) is 1.60. The van der Waals surface area contributed by atoms with E-state index in [1.54, 1.807) is 12.3 Å². The smallest absolute Gasteiger partial charge is 0.125 e. The molecule has 1 nitrogen and oxygen atoms in total. The largest absolute Gasteiger partial charge is 0.255 e. The van der Waals surface area contributed by atoms with Crippen molar-refractivity contribution in [2.75, 3.05) is 0 Å². The van der Waals surface area contributed by atoms with Gasteiger partial charge in [-0.1, -0.05) is 0 Å². The molecule has 0 bridgehead atoms. The van der Waals surface area contributed by atoms with Gasteiger partial charge in [0.2, 0.25) is 0 Å². The van der Waals surface area contributed by atoms with Gasteiger partial charge in [-0.15, -0.1) is 0 Å². The Balaban J connectivity index is 2.87. The molecule has 2 aromatic rings. The summed E-state index contributed by atoms with van der Waals surface area (Å²) in [7, 11) is 0. The van der Waals surface area contributed by atoms with Gasteiger partial charge >= 0.3 is 0 Å². The molecule has 0 spiro atoms. The van der Waals surface area contributed by atoms with Gasteiger partial charge in [-0.2, -0.15) is 0 Å². The van der Waals surface area contributed by atoms with E-state index in [0.29, 0.717) is 5.52 Å². The first-order chi connectivity index (χ1) is 6.18. The van der Waals surface area contributed by atoms with Crippen LogP contribution in [-0.4, -0.2) is 4.98 Å². The standard InChI is InChI=1S/C10H7BrFN/c1-6-8-3-2-7(12)4-10(8)13-5-9(6)11/h2-5H,1H3. The third-order valence-electron chi connectivity index (χ3n) is 2.04. The molecule has 0 radical (unpaired) electrons. The van der Waals surface area contributed by atoms with Gasteiger partial charge in [0.15, 0.2) is 0 Å². The minimum absolute atomic E-state index is 0.248. The van der Waals surface area contributed by atoms with Crippen LogP contribution < -0.4 is 0 Å². The molecule has 13 heavy (non-hydrogen) atoms. The van der Waals surface area contributed by atoms with E-state index < -0.39 is 0 Å². The average Bonchev–Trinajstić information content (AvgIpc) is 2.12. The highest BCUT2D eigenvalue weighted by Gasteiger charge is 2.02. The normalized spacial score (nSPS) is 10.7. The Labute approximate surface area is 83.7 Å². The van der Waals surface area contributed by atoms with Crippen molar-refractivity contribution in [3.63, 3.8) is 0 Å². The number of halogens is 2. The number of hydrogen-bond donors (Lipinski definition) is 0. The second-order valence-electron chi connectivity index (χ2n) is 2.89. The Kier molecular flexibility index (Phi) is 2.04. The molecule has 66 valence electrons. The fraction of sp³-hybridized carbons (Fsp3) is 0.100. The van der Waals surface area contributed by atoms with Gasteiger partial charge < -0.3 is 0 Å². The van der Waals surface area contributed by atoms with Gasteiger partial charge in [-0.25, -0.2) is 4.39 Å². The molecule has 0 amide bonds. The predicted octanol–water partition coefficient (Wildman–Crippen LogP) is 3.44. The van der Waals surface area contributed by atoms with Crippen LogP contribution in [0.5, 0.6) is 0 Å². The van der Waals surface area contributed by atoms with Crippen molar-refractivity contribution < 1.29 is 4.39 Å². The van der Waals surface area contributed by atoms with Crippen LogP contribution in [-0.2, 0) is 0 Å². The van der Waals surface area contributed by atoms with Crippen molar-refractivity contribution in [1.29, 1.82) is 0 Å². The molecule has 1 aromatic carbocycles. The van der Waals surface area contributed by atoms with Crippen LogP contribution in [0.1, 0.15) is 5.56 Å². The number of benzene rings is 1. The van der Waals surface area contributed by atoms with Gasteiger partial charge in [0, 0.05) is 22.1 Å². The van der Waals surface area contributed by atoms with E-state index in [1.165, 1.54) is 12.1 Å². The molecule has 2 rings (SSSR count). The van der Waals surface area contributed by atoms with Gasteiger partial charge in [-0.05, 0) is 40.5 Å². The van der Waals surface area contributed by atoms with Gasteiger partial charge in [-0.3, -0.25) is 4.98 Å². The molecule has 0 unspecified atom stereocenters. The maximum absolute atomic E-state index is 12.8. The molecule has 0 saturated heterocycles. The number of hydrogen-bond acceptors (Lipinski definition) is 1. The highest BCUT2D eigenvalue weighted by atomic mass is 79.9. The lowest BCUT2D eigenvalue weighted by molar-refractivity contribution is 0.629. The number of aromatic nitrogens is 1. The van der Waals surface area contributed by atoms with Gasteiger partial charge in [0.25, 0.3) is 0 Å². The van der Waals surface area contributed by atoms with Gasteiger partial charge in [0.1, 0.15) is 5.82 Å². The molecule has 0 N–H and O–H groups in total. The second kappa shape index (κ2) is 3.07. The van der Waals surface area contributed by atoms with Crippen LogP contribution >= 0.6 is 15.9 Å². The van der Waals surface area contributed by atoms with E-state index in [0.717, 1.165) is 15.4 Å². The molecule has 0 saturated carbocycles. The summed E-state index contributed by atoms with van der Waals surface area (Å²) in [5, 5.41) is 0.982. The summed E-state index contributed by atoms with van der Waals surface area (Å²) in [6, 6.07) is 4.63. The first kappa shape index (κ1) is 8.63. The van der Waals surface area contributed by atoms with E-state index >= 15 is 0 Å². The minimum Gasteiger partial charge on any atom is -0.255 e. The molecule has 0 aliphatic rings. The second-order valence-corrected chi connectivity index (χ2v) is 3.75. The molecule has 1 aromatic heterocycles. The van der Waals surface area contributed by atoms with E-state index in [-0.39, 0.29) is 5.82 Å². The van der Waals surface area contributed by atoms with E-state index in [1.807, 2.05) is 6.92 Å². The molecular weight excluding hydrogens is 233 g/mol. The lowest BCUT2D eigenvalue weighted by Crippen LogP contribution is -1.85. The van der Waals surface area contributed by atoms with Crippen LogP contribution in [0.3, 0.4) is 0 Å². The summed E-state index contributed by atoms with van der Waals surface area (Å²) in [6.45, 7) is 1.98. The van der Waals surface area contributed by atoms with Crippen LogP contribution in [0.2, 0.25) is 0 Å². The fourth-order valence-electron chi connectivity index (χ4n) is 1.28. The number of nitrogens with zero attached hydrogens (tertiary/aromatic N) is 1. The van der Waals surface area contributed by atoms with E-state index in [2.05, 4.69) is 20.9 Å². The lowest BCUT2D eigenvalue weighted by Gasteiger charge is -2.02. The van der Waals surface area contributed by atoms with Crippen LogP contribution in [0.4, 0.5) is 4.39 Å². The molecule has 3 heteroatoms. The van der Waals surface area contributed by atoms with E-state index in [9.17, 15) is 4.39 Å². The summed E-state index contributed by atoms with van der Waals surface area (Å²) in [5.74, 6) is -0.248.